The van der Waals surface area contributed by atoms with Gasteiger partial charge in [-0.1, -0.05) is 25.7 Å². The molecule has 0 N–H and O–H groups in total. The fourth-order valence-corrected chi connectivity index (χ4v) is 7.78. The first-order valence-corrected chi connectivity index (χ1v) is 14.0. The van der Waals surface area contributed by atoms with Crippen molar-refractivity contribution in [3.05, 3.63) is 30.1 Å². The molecule has 0 aromatic heterocycles. The van der Waals surface area contributed by atoms with Crippen molar-refractivity contribution in [2.24, 2.45) is 23.7 Å². The Kier molecular flexibility index (Phi) is 7.41. The number of halogens is 1. The van der Waals surface area contributed by atoms with Crippen molar-refractivity contribution >= 4 is 23.6 Å². The van der Waals surface area contributed by atoms with Crippen LogP contribution in [0.3, 0.4) is 0 Å². The van der Waals surface area contributed by atoms with Gasteiger partial charge < -0.3 is 4.90 Å². The fourth-order valence-electron chi connectivity index (χ4n) is 6.66. The lowest BCUT2D eigenvalue weighted by atomic mass is 9.78. The number of nitrogens with zero attached hydrogens (tertiary/aromatic N) is 2. The number of hydrogen-bond donors (Lipinski definition) is 0. The number of benzene rings is 1. The van der Waals surface area contributed by atoms with Crippen LogP contribution in [0, 0.1) is 29.5 Å². The number of hydrogen-bond acceptors (Lipinski definition) is 4. The van der Waals surface area contributed by atoms with Gasteiger partial charge in [0.15, 0.2) is 0 Å². The van der Waals surface area contributed by atoms with E-state index in [0.29, 0.717) is 23.6 Å². The van der Waals surface area contributed by atoms with E-state index in [0.717, 1.165) is 69.5 Å². The maximum atomic E-state index is 13.2. The van der Waals surface area contributed by atoms with Gasteiger partial charge in [0.1, 0.15) is 5.82 Å². The number of amides is 2. The fraction of sp³-hybridized carbons (Fsp3) is 0.704. The van der Waals surface area contributed by atoms with Crippen molar-refractivity contribution in [3.63, 3.8) is 0 Å². The number of carbonyl (C=O) groups excluding carboxylic acids is 2. The molecule has 6 heteroatoms. The molecule has 2 aliphatic carbocycles. The maximum absolute atomic E-state index is 13.2. The van der Waals surface area contributed by atoms with E-state index < -0.39 is 0 Å². The molecule has 0 bridgehead atoms. The molecule has 2 saturated carbocycles. The summed E-state index contributed by atoms with van der Waals surface area (Å²) in [4.78, 5) is 31.4. The van der Waals surface area contributed by atoms with Crippen molar-refractivity contribution in [1.82, 2.24) is 9.80 Å². The Balaban J connectivity index is 1.14. The molecule has 4 nitrogen and oxygen atoms in total. The Morgan fingerprint density at radius 1 is 0.758 bits per heavy atom. The first-order chi connectivity index (χ1) is 16.1. The number of thioether (sulfide) groups is 1. The zero-order chi connectivity index (χ0) is 22.8. The number of rotatable bonds is 6. The highest BCUT2D eigenvalue weighted by Crippen LogP contribution is 2.40. The third kappa shape index (κ3) is 5.32. The van der Waals surface area contributed by atoms with Gasteiger partial charge in [0.05, 0.1) is 11.8 Å². The average Bonchev–Trinajstić information content (AvgIpc) is 3.08. The molecule has 0 radical (unpaired) electrons. The summed E-state index contributed by atoms with van der Waals surface area (Å²) >= 11 is 1.88. The van der Waals surface area contributed by atoms with Gasteiger partial charge in [-0.3, -0.25) is 14.5 Å². The number of likely N-dealkylation sites (tertiary alicyclic amines) is 2. The van der Waals surface area contributed by atoms with Gasteiger partial charge in [-0.05, 0) is 87.7 Å². The molecule has 2 amide bonds. The number of piperidine rings is 1. The minimum Gasteiger partial charge on any atom is -0.303 e. The summed E-state index contributed by atoms with van der Waals surface area (Å²) in [6.07, 6.45) is 11.2. The Labute approximate surface area is 201 Å². The van der Waals surface area contributed by atoms with Gasteiger partial charge in [-0.25, -0.2) is 4.39 Å². The second-order valence-electron chi connectivity index (χ2n) is 10.7. The molecule has 33 heavy (non-hydrogen) atoms. The van der Waals surface area contributed by atoms with Crippen molar-refractivity contribution < 1.29 is 14.0 Å². The molecule has 4 atom stereocenters. The summed E-state index contributed by atoms with van der Waals surface area (Å²) in [6.45, 7) is 3.97. The molecule has 4 unspecified atom stereocenters. The van der Waals surface area contributed by atoms with E-state index >= 15 is 0 Å². The van der Waals surface area contributed by atoms with E-state index in [2.05, 4.69) is 4.90 Å². The van der Waals surface area contributed by atoms with E-state index in [1.165, 1.54) is 19.3 Å². The van der Waals surface area contributed by atoms with E-state index in [9.17, 15) is 14.0 Å². The Morgan fingerprint density at radius 2 is 1.30 bits per heavy atom. The van der Waals surface area contributed by atoms with Crippen LogP contribution < -0.4 is 0 Å². The molecular weight excluding hydrogens is 435 g/mol. The molecule has 4 fully saturated rings. The number of carbonyl (C=O) groups is 2. The van der Waals surface area contributed by atoms with Crippen LogP contribution in [0.2, 0.25) is 0 Å². The van der Waals surface area contributed by atoms with E-state index in [4.69, 9.17) is 0 Å². The lowest BCUT2D eigenvalue weighted by Crippen LogP contribution is -2.44. The van der Waals surface area contributed by atoms with Crippen molar-refractivity contribution in [2.45, 2.75) is 74.4 Å². The van der Waals surface area contributed by atoms with E-state index in [1.807, 2.05) is 23.9 Å². The molecular formula is C27H37FN2O2S. The standard InChI is InChI=1S/C27H37FN2O2S/c28-21-9-11-22(12-10-21)33-23-13-15-29(16-14-23)17-19-5-1-2-6-20(19)18-30-26(31)24-7-3-4-8-25(24)27(30)32/h9-12,19-20,23-25H,1-8,13-18H2. The van der Waals surface area contributed by atoms with Crippen LogP contribution in [0.25, 0.3) is 0 Å². The van der Waals surface area contributed by atoms with E-state index in [-0.39, 0.29) is 29.5 Å². The lowest BCUT2D eigenvalue weighted by Gasteiger charge is -2.39. The summed E-state index contributed by atoms with van der Waals surface area (Å²) in [5, 5.41) is 0.594. The molecule has 1 aromatic carbocycles. The van der Waals surface area contributed by atoms with Crippen molar-refractivity contribution in [3.8, 4) is 0 Å². The van der Waals surface area contributed by atoms with Crippen LogP contribution in [0.15, 0.2) is 29.2 Å². The number of fused-ring (bicyclic) bond motifs is 1. The zero-order valence-electron chi connectivity index (χ0n) is 19.6. The Morgan fingerprint density at radius 3 is 1.91 bits per heavy atom. The summed E-state index contributed by atoms with van der Waals surface area (Å²) in [5.41, 5.74) is 0. The monoisotopic (exact) mass is 472 g/mol. The predicted octanol–water partition coefficient (Wildman–Crippen LogP) is 5.36. The smallest absolute Gasteiger partial charge is 0.233 e. The van der Waals surface area contributed by atoms with E-state index in [1.54, 1.807) is 17.0 Å². The first kappa shape index (κ1) is 23.3. The summed E-state index contributed by atoms with van der Waals surface area (Å²) < 4.78 is 13.2. The largest absolute Gasteiger partial charge is 0.303 e. The van der Waals surface area contributed by atoms with Gasteiger partial charge in [0.25, 0.3) is 0 Å². The Hall–Kier alpha value is -1.40. The van der Waals surface area contributed by atoms with Gasteiger partial charge in [-0.15, -0.1) is 11.8 Å². The topological polar surface area (TPSA) is 40.6 Å². The minimum atomic E-state index is -0.174. The maximum Gasteiger partial charge on any atom is 0.233 e. The van der Waals surface area contributed by atoms with Crippen LogP contribution in [0.5, 0.6) is 0 Å². The molecule has 2 heterocycles. The van der Waals surface area contributed by atoms with Gasteiger partial charge in [0, 0.05) is 23.2 Å². The predicted molar refractivity (Wildman–Crippen MR) is 129 cm³/mol. The second kappa shape index (κ2) is 10.5. The van der Waals surface area contributed by atoms with Gasteiger partial charge >= 0.3 is 0 Å². The van der Waals surface area contributed by atoms with Crippen molar-refractivity contribution in [2.75, 3.05) is 26.2 Å². The van der Waals surface area contributed by atoms with Gasteiger partial charge in [-0.2, -0.15) is 0 Å². The van der Waals surface area contributed by atoms with Crippen molar-refractivity contribution in [1.29, 1.82) is 0 Å². The first-order valence-electron chi connectivity index (χ1n) is 13.1. The third-order valence-corrected chi connectivity index (χ3v) is 9.91. The highest BCUT2D eigenvalue weighted by Gasteiger charge is 2.49. The third-order valence-electron chi connectivity index (χ3n) is 8.56. The minimum absolute atomic E-state index is 0.0223. The highest BCUT2D eigenvalue weighted by molar-refractivity contribution is 8.00. The average molecular weight is 473 g/mol. The van der Waals surface area contributed by atoms with Crippen LogP contribution in [-0.4, -0.2) is 53.0 Å². The second-order valence-corrected chi connectivity index (χ2v) is 12.0. The van der Waals surface area contributed by atoms with Gasteiger partial charge in [0.2, 0.25) is 11.8 Å². The summed E-state index contributed by atoms with van der Waals surface area (Å²) in [7, 11) is 0. The number of imide groups is 1. The molecule has 180 valence electrons. The lowest BCUT2D eigenvalue weighted by molar-refractivity contribution is -0.141. The van der Waals surface area contributed by atoms with Crippen LogP contribution in [-0.2, 0) is 9.59 Å². The SMILES string of the molecule is O=C1C2CCCCC2C(=O)N1CC1CCCCC1CN1CCC(Sc2ccc(F)cc2)CC1. The zero-order valence-corrected chi connectivity index (χ0v) is 20.4. The van der Waals surface area contributed by atoms with Crippen LogP contribution in [0.1, 0.15) is 64.2 Å². The summed E-state index contributed by atoms with van der Waals surface area (Å²) in [6, 6.07) is 6.86. The molecule has 1 aromatic rings. The highest BCUT2D eigenvalue weighted by atomic mass is 32.2. The molecule has 5 rings (SSSR count). The Bertz CT molecular complexity index is 815. The van der Waals surface area contributed by atoms with Crippen LogP contribution >= 0.6 is 11.8 Å². The molecule has 2 aliphatic heterocycles. The normalized spacial score (nSPS) is 31.7. The molecule has 0 spiro atoms. The molecule has 2 saturated heterocycles. The summed E-state index contributed by atoms with van der Waals surface area (Å²) in [5.74, 6) is 1.09. The van der Waals surface area contributed by atoms with Crippen LogP contribution in [0.4, 0.5) is 4.39 Å². The molecule has 4 aliphatic rings. The quantitative estimate of drug-likeness (QED) is 0.523.